The second-order valence-corrected chi connectivity index (χ2v) is 6.24. The average Bonchev–Trinajstić information content (AvgIpc) is 2.39. The smallest absolute Gasteiger partial charge is 0.303 e. The van der Waals surface area contributed by atoms with E-state index in [0.29, 0.717) is 5.75 Å². The highest BCUT2D eigenvalue weighted by molar-refractivity contribution is 8.00. The van der Waals surface area contributed by atoms with Gasteiger partial charge in [0.25, 0.3) is 0 Å². The molecule has 0 radical (unpaired) electrons. The highest BCUT2D eigenvalue weighted by Crippen LogP contribution is 2.32. The number of carbonyl (C=O) groups is 4. The van der Waals surface area contributed by atoms with Crippen molar-refractivity contribution in [2.45, 2.75) is 51.3 Å². The summed E-state index contributed by atoms with van der Waals surface area (Å²) in [6, 6.07) is 0. The van der Waals surface area contributed by atoms with Crippen LogP contribution in [0.25, 0.3) is 0 Å². The third kappa shape index (κ3) is 6.47. The van der Waals surface area contributed by atoms with E-state index in [9.17, 15) is 19.2 Å². The maximum absolute atomic E-state index is 11.4. The summed E-state index contributed by atoms with van der Waals surface area (Å²) in [6.45, 7) is 4.91. The van der Waals surface area contributed by atoms with Gasteiger partial charge in [0.05, 0.1) is 5.25 Å². The summed E-state index contributed by atoms with van der Waals surface area (Å²) in [6.07, 6.45) is -2.60. The molecule has 0 aliphatic carbocycles. The van der Waals surface area contributed by atoms with Crippen molar-refractivity contribution in [3.05, 3.63) is 0 Å². The lowest BCUT2D eigenvalue weighted by atomic mass is 10.0. The minimum Gasteiger partial charge on any atom is -0.465 e. The molecule has 0 N–H and O–H groups in total. The predicted molar refractivity (Wildman–Crippen MR) is 79.5 cm³/mol. The zero-order valence-corrected chi connectivity index (χ0v) is 14.2. The molecule has 0 aromatic carbocycles. The fourth-order valence-electron chi connectivity index (χ4n) is 2.16. The lowest BCUT2D eigenvalue weighted by molar-refractivity contribution is -0.183. The summed E-state index contributed by atoms with van der Waals surface area (Å²) >= 11 is 1.31. The maximum atomic E-state index is 11.4. The Morgan fingerprint density at radius 3 is 1.83 bits per heavy atom. The summed E-state index contributed by atoms with van der Waals surface area (Å²) in [4.78, 5) is 44.9. The van der Waals surface area contributed by atoms with E-state index in [1.807, 2.05) is 0 Å². The Bertz CT molecular complexity index is 477. The van der Waals surface area contributed by atoms with Crippen molar-refractivity contribution < 1.29 is 38.1 Å². The van der Waals surface area contributed by atoms with Gasteiger partial charge in [-0.3, -0.25) is 19.2 Å². The number of thioether (sulfide) groups is 1. The molecule has 1 aliphatic rings. The van der Waals surface area contributed by atoms with Crippen LogP contribution < -0.4 is 0 Å². The van der Waals surface area contributed by atoms with Crippen molar-refractivity contribution in [3.8, 4) is 0 Å². The number of ether oxygens (including phenoxy) is 4. The molecule has 9 heteroatoms. The molecule has 1 saturated heterocycles. The third-order valence-electron chi connectivity index (χ3n) is 2.90. The molecule has 23 heavy (non-hydrogen) atoms. The van der Waals surface area contributed by atoms with Crippen LogP contribution in [0.4, 0.5) is 0 Å². The van der Waals surface area contributed by atoms with E-state index in [2.05, 4.69) is 0 Å². The van der Waals surface area contributed by atoms with Gasteiger partial charge in [0.15, 0.2) is 18.3 Å². The van der Waals surface area contributed by atoms with Gasteiger partial charge >= 0.3 is 23.9 Å². The van der Waals surface area contributed by atoms with Crippen LogP contribution in [0.3, 0.4) is 0 Å². The standard InChI is InChI=1S/C14H20O8S/c1-7(15)19-5-12-14(22-10(4)18)13(21-9(3)17)11(6-23-12)20-8(2)16/h11-14H,5-6H2,1-4H3/t11-,12-,13+,14+/m0/s1. The summed E-state index contributed by atoms with van der Waals surface area (Å²) in [7, 11) is 0. The van der Waals surface area contributed by atoms with E-state index in [1.54, 1.807) is 0 Å². The van der Waals surface area contributed by atoms with Crippen LogP contribution in [0, 0.1) is 0 Å². The van der Waals surface area contributed by atoms with Crippen LogP contribution in [-0.4, -0.2) is 59.8 Å². The van der Waals surface area contributed by atoms with Crippen molar-refractivity contribution in [2.75, 3.05) is 12.4 Å². The van der Waals surface area contributed by atoms with Gasteiger partial charge in [0.2, 0.25) is 0 Å². The Hall–Kier alpha value is -1.77. The second kappa shape index (κ2) is 8.76. The van der Waals surface area contributed by atoms with Crippen LogP contribution in [0.2, 0.25) is 0 Å². The fourth-order valence-corrected chi connectivity index (χ4v) is 3.42. The van der Waals surface area contributed by atoms with Crippen LogP contribution in [0.15, 0.2) is 0 Å². The molecular formula is C14H20O8S. The second-order valence-electron chi connectivity index (χ2n) is 4.97. The van der Waals surface area contributed by atoms with Gasteiger partial charge in [-0.1, -0.05) is 0 Å². The summed E-state index contributed by atoms with van der Waals surface area (Å²) < 4.78 is 20.6. The molecule has 0 aromatic heterocycles. The molecule has 0 saturated carbocycles. The number of hydrogen-bond acceptors (Lipinski definition) is 9. The molecule has 8 nitrogen and oxygen atoms in total. The van der Waals surface area contributed by atoms with Crippen molar-refractivity contribution in [2.24, 2.45) is 0 Å². The average molecular weight is 348 g/mol. The molecule has 1 rings (SSSR count). The van der Waals surface area contributed by atoms with Gasteiger partial charge in [0, 0.05) is 33.4 Å². The molecule has 1 fully saturated rings. The van der Waals surface area contributed by atoms with E-state index in [1.165, 1.54) is 39.5 Å². The first-order valence-electron chi connectivity index (χ1n) is 6.97. The maximum Gasteiger partial charge on any atom is 0.303 e. The fraction of sp³-hybridized carbons (Fsp3) is 0.714. The predicted octanol–water partition coefficient (Wildman–Crippen LogP) is 0.460. The van der Waals surface area contributed by atoms with E-state index < -0.39 is 47.4 Å². The minimum atomic E-state index is -0.956. The molecule has 0 amide bonds. The van der Waals surface area contributed by atoms with Crippen LogP contribution in [0.1, 0.15) is 27.7 Å². The Kier molecular flexibility index (Phi) is 7.34. The molecule has 130 valence electrons. The van der Waals surface area contributed by atoms with Gasteiger partial charge in [-0.15, -0.1) is 11.8 Å². The topological polar surface area (TPSA) is 105 Å². The van der Waals surface area contributed by atoms with E-state index in [0.717, 1.165) is 0 Å². The van der Waals surface area contributed by atoms with Gasteiger partial charge in [-0.05, 0) is 0 Å². The van der Waals surface area contributed by atoms with Crippen molar-refractivity contribution in [3.63, 3.8) is 0 Å². The van der Waals surface area contributed by atoms with Gasteiger partial charge in [-0.25, -0.2) is 0 Å². The minimum absolute atomic E-state index is 0.0114. The Labute approximate surface area is 138 Å². The van der Waals surface area contributed by atoms with Crippen LogP contribution in [-0.2, 0) is 38.1 Å². The first kappa shape index (κ1) is 19.3. The number of carbonyl (C=O) groups excluding carboxylic acids is 4. The molecule has 1 heterocycles. The summed E-state index contributed by atoms with van der Waals surface area (Å²) in [5.74, 6) is -1.86. The molecular weight excluding hydrogens is 328 g/mol. The van der Waals surface area contributed by atoms with Crippen molar-refractivity contribution in [1.29, 1.82) is 0 Å². The third-order valence-corrected chi connectivity index (χ3v) is 4.26. The molecule has 0 spiro atoms. The van der Waals surface area contributed by atoms with Crippen molar-refractivity contribution >= 4 is 35.6 Å². The van der Waals surface area contributed by atoms with Crippen LogP contribution in [0.5, 0.6) is 0 Å². The summed E-state index contributed by atoms with van der Waals surface area (Å²) in [5, 5.41) is -0.432. The Balaban J connectivity index is 2.98. The quantitative estimate of drug-likeness (QED) is 0.517. The molecule has 4 atom stereocenters. The monoisotopic (exact) mass is 348 g/mol. The molecule has 0 unspecified atom stereocenters. The highest BCUT2D eigenvalue weighted by atomic mass is 32.2. The number of esters is 4. The molecule has 0 bridgehead atoms. The summed E-state index contributed by atoms with van der Waals surface area (Å²) in [5.41, 5.74) is 0. The first-order valence-corrected chi connectivity index (χ1v) is 8.02. The molecule has 1 aliphatic heterocycles. The highest BCUT2D eigenvalue weighted by Gasteiger charge is 2.46. The Morgan fingerprint density at radius 1 is 0.826 bits per heavy atom. The zero-order chi connectivity index (χ0) is 17.6. The number of hydrogen-bond donors (Lipinski definition) is 0. The van der Waals surface area contributed by atoms with E-state index in [4.69, 9.17) is 18.9 Å². The first-order chi connectivity index (χ1) is 10.7. The number of rotatable bonds is 5. The molecule has 0 aromatic rings. The normalized spacial score (nSPS) is 26.8. The largest absolute Gasteiger partial charge is 0.465 e. The van der Waals surface area contributed by atoms with Crippen LogP contribution >= 0.6 is 11.8 Å². The SMILES string of the molecule is CC(=O)OC[C@@H]1SC[C@H](OC(C)=O)[C@@H](OC(C)=O)[C@@H]1OC(C)=O. The van der Waals surface area contributed by atoms with Gasteiger partial charge < -0.3 is 18.9 Å². The van der Waals surface area contributed by atoms with E-state index >= 15 is 0 Å². The zero-order valence-electron chi connectivity index (χ0n) is 13.4. The van der Waals surface area contributed by atoms with Crippen molar-refractivity contribution in [1.82, 2.24) is 0 Å². The van der Waals surface area contributed by atoms with Gasteiger partial charge in [-0.2, -0.15) is 0 Å². The lowest BCUT2D eigenvalue weighted by Crippen LogP contribution is -2.55. The lowest BCUT2D eigenvalue weighted by Gasteiger charge is -2.39. The van der Waals surface area contributed by atoms with E-state index in [-0.39, 0.29) is 6.61 Å². The van der Waals surface area contributed by atoms with Gasteiger partial charge in [0.1, 0.15) is 6.61 Å². The Morgan fingerprint density at radius 2 is 1.35 bits per heavy atom.